The summed E-state index contributed by atoms with van der Waals surface area (Å²) in [5, 5.41) is 12.1. The molecule has 1 heterocycles. The molecule has 1 amide bonds. The number of rotatable bonds is 5. The lowest BCUT2D eigenvalue weighted by molar-refractivity contribution is -0.126. The van der Waals surface area contributed by atoms with Gasteiger partial charge in [-0.2, -0.15) is 0 Å². The van der Waals surface area contributed by atoms with E-state index >= 15 is 0 Å². The zero-order valence-electron chi connectivity index (χ0n) is 12.1. The van der Waals surface area contributed by atoms with Crippen molar-refractivity contribution in [1.29, 1.82) is 0 Å². The van der Waals surface area contributed by atoms with Crippen molar-refractivity contribution in [1.82, 2.24) is 10.2 Å². The fourth-order valence-electron chi connectivity index (χ4n) is 3.48. The molecule has 110 valence electrons. The number of carbonyl (C=O) groups is 1. The Morgan fingerprint density at radius 1 is 1.21 bits per heavy atom. The Balaban J connectivity index is 1.64. The van der Waals surface area contributed by atoms with E-state index in [1.807, 2.05) is 0 Å². The number of carbonyl (C=O) groups excluding carboxylic acids is 1. The highest BCUT2D eigenvalue weighted by molar-refractivity contribution is 5.78. The van der Waals surface area contributed by atoms with Crippen LogP contribution in [-0.4, -0.2) is 49.2 Å². The molecule has 0 bridgehead atoms. The lowest BCUT2D eigenvalue weighted by Crippen LogP contribution is -2.36. The van der Waals surface area contributed by atoms with Gasteiger partial charge in [-0.05, 0) is 64.0 Å². The molecule has 2 fully saturated rings. The number of likely N-dealkylation sites (tertiary alicyclic amines) is 1. The number of hydrogen-bond donors (Lipinski definition) is 2. The molecular weight excluding hydrogens is 240 g/mol. The number of aliphatic hydroxyl groups excluding tert-OH is 1. The summed E-state index contributed by atoms with van der Waals surface area (Å²) in [4.78, 5) is 14.5. The van der Waals surface area contributed by atoms with E-state index in [4.69, 9.17) is 5.11 Å². The van der Waals surface area contributed by atoms with E-state index in [1.54, 1.807) is 0 Å². The normalized spacial score (nSPS) is 32.4. The monoisotopic (exact) mass is 268 g/mol. The fourth-order valence-corrected chi connectivity index (χ4v) is 3.48. The van der Waals surface area contributed by atoms with Crippen molar-refractivity contribution >= 4 is 5.91 Å². The average Bonchev–Trinajstić information content (AvgIpc) is 2.83. The number of hydrogen-bond acceptors (Lipinski definition) is 3. The van der Waals surface area contributed by atoms with Gasteiger partial charge in [0.05, 0.1) is 0 Å². The minimum Gasteiger partial charge on any atom is -0.396 e. The van der Waals surface area contributed by atoms with Crippen LogP contribution in [0.25, 0.3) is 0 Å². The standard InChI is InChI=1S/C15H28N2O2/c1-17-8-6-13(11-17)10-16-15(19)14-4-2-12(3-5-14)7-9-18/h12-14,18H,2-11H2,1H3,(H,16,19). The van der Waals surface area contributed by atoms with Gasteiger partial charge in [0.15, 0.2) is 0 Å². The van der Waals surface area contributed by atoms with Crippen LogP contribution in [0.2, 0.25) is 0 Å². The van der Waals surface area contributed by atoms with Crippen LogP contribution in [0.4, 0.5) is 0 Å². The van der Waals surface area contributed by atoms with Crippen LogP contribution in [0.3, 0.4) is 0 Å². The van der Waals surface area contributed by atoms with Gasteiger partial charge in [-0.1, -0.05) is 0 Å². The Bertz CT molecular complexity index is 288. The molecular formula is C15H28N2O2. The van der Waals surface area contributed by atoms with E-state index in [1.165, 1.54) is 6.42 Å². The molecule has 1 saturated heterocycles. The predicted octanol–water partition coefficient (Wildman–Crippen LogP) is 1.24. The Labute approximate surface area is 116 Å². The predicted molar refractivity (Wildman–Crippen MR) is 75.8 cm³/mol. The van der Waals surface area contributed by atoms with Gasteiger partial charge in [-0.15, -0.1) is 0 Å². The van der Waals surface area contributed by atoms with Crippen molar-refractivity contribution in [2.75, 3.05) is 33.3 Å². The van der Waals surface area contributed by atoms with Gasteiger partial charge in [-0.25, -0.2) is 0 Å². The van der Waals surface area contributed by atoms with Crippen LogP contribution in [0.15, 0.2) is 0 Å². The third-order valence-electron chi connectivity index (χ3n) is 4.81. The largest absolute Gasteiger partial charge is 0.396 e. The summed E-state index contributed by atoms with van der Waals surface area (Å²) >= 11 is 0. The van der Waals surface area contributed by atoms with Gasteiger partial charge in [0.2, 0.25) is 5.91 Å². The summed E-state index contributed by atoms with van der Waals surface area (Å²) in [5.74, 6) is 1.75. The maximum absolute atomic E-state index is 12.1. The summed E-state index contributed by atoms with van der Waals surface area (Å²) in [5.41, 5.74) is 0. The van der Waals surface area contributed by atoms with Crippen LogP contribution < -0.4 is 5.32 Å². The minimum absolute atomic E-state index is 0.217. The molecule has 1 unspecified atom stereocenters. The van der Waals surface area contributed by atoms with Gasteiger partial charge in [0.25, 0.3) is 0 Å². The molecule has 0 aromatic heterocycles. The molecule has 1 aliphatic carbocycles. The Morgan fingerprint density at radius 2 is 1.95 bits per heavy atom. The van der Waals surface area contributed by atoms with Crippen molar-refractivity contribution in [2.24, 2.45) is 17.8 Å². The van der Waals surface area contributed by atoms with Gasteiger partial charge in [0.1, 0.15) is 0 Å². The summed E-state index contributed by atoms with van der Waals surface area (Å²) < 4.78 is 0. The fraction of sp³-hybridized carbons (Fsp3) is 0.933. The van der Waals surface area contributed by atoms with Crippen molar-refractivity contribution < 1.29 is 9.90 Å². The van der Waals surface area contributed by atoms with Gasteiger partial charge in [-0.3, -0.25) is 4.79 Å². The van der Waals surface area contributed by atoms with E-state index in [-0.39, 0.29) is 18.4 Å². The Hall–Kier alpha value is -0.610. The first-order valence-electron chi connectivity index (χ1n) is 7.76. The zero-order valence-corrected chi connectivity index (χ0v) is 12.1. The molecule has 0 spiro atoms. The van der Waals surface area contributed by atoms with Crippen LogP contribution in [-0.2, 0) is 4.79 Å². The van der Waals surface area contributed by atoms with E-state index in [0.717, 1.165) is 51.7 Å². The minimum atomic E-state index is 0.217. The Morgan fingerprint density at radius 3 is 2.53 bits per heavy atom. The van der Waals surface area contributed by atoms with Gasteiger partial charge < -0.3 is 15.3 Å². The van der Waals surface area contributed by atoms with Crippen molar-refractivity contribution in [3.8, 4) is 0 Å². The highest BCUT2D eigenvalue weighted by Crippen LogP contribution is 2.30. The molecule has 2 N–H and O–H groups in total. The van der Waals surface area contributed by atoms with Crippen molar-refractivity contribution in [3.63, 3.8) is 0 Å². The maximum Gasteiger partial charge on any atom is 0.223 e. The van der Waals surface area contributed by atoms with Crippen LogP contribution in [0.5, 0.6) is 0 Å². The second kappa shape index (κ2) is 7.25. The number of nitrogens with zero attached hydrogens (tertiary/aromatic N) is 1. The second-order valence-electron chi connectivity index (χ2n) is 6.39. The highest BCUT2D eigenvalue weighted by Gasteiger charge is 2.27. The molecule has 4 heteroatoms. The molecule has 2 aliphatic rings. The third kappa shape index (κ3) is 4.46. The molecule has 2 rings (SSSR count). The first-order valence-corrected chi connectivity index (χ1v) is 7.76. The summed E-state index contributed by atoms with van der Waals surface area (Å²) in [6, 6.07) is 0. The van der Waals surface area contributed by atoms with E-state index in [0.29, 0.717) is 11.8 Å². The first kappa shape index (κ1) is 14.8. The summed E-state index contributed by atoms with van der Waals surface area (Å²) in [6.07, 6.45) is 6.32. The molecule has 1 aliphatic heterocycles. The molecule has 0 aromatic rings. The summed E-state index contributed by atoms with van der Waals surface area (Å²) in [7, 11) is 2.14. The molecule has 0 aromatic carbocycles. The van der Waals surface area contributed by atoms with Crippen molar-refractivity contribution in [2.45, 2.75) is 38.5 Å². The lowest BCUT2D eigenvalue weighted by Gasteiger charge is -2.27. The maximum atomic E-state index is 12.1. The Kier molecular flexibility index (Phi) is 5.64. The second-order valence-corrected chi connectivity index (χ2v) is 6.39. The van der Waals surface area contributed by atoms with Gasteiger partial charge >= 0.3 is 0 Å². The summed E-state index contributed by atoms with van der Waals surface area (Å²) in [6.45, 7) is 3.41. The van der Waals surface area contributed by atoms with Crippen LogP contribution in [0.1, 0.15) is 38.5 Å². The number of aliphatic hydroxyl groups is 1. The van der Waals surface area contributed by atoms with Crippen LogP contribution >= 0.6 is 0 Å². The van der Waals surface area contributed by atoms with E-state index in [2.05, 4.69) is 17.3 Å². The number of amides is 1. The van der Waals surface area contributed by atoms with E-state index in [9.17, 15) is 4.79 Å². The topological polar surface area (TPSA) is 52.6 Å². The molecule has 19 heavy (non-hydrogen) atoms. The third-order valence-corrected chi connectivity index (χ3v) is 4.81. The van der Waals surface area contributed by atoms with Gasteiger partial charge in [0, 0.05) is 25.6 Å². The smallest absolute Gasteiger partial charge is 0.223 e. The molecule has 1 atom stereocenters. The quantitative estimate of drug-likeness (QED) is 0.789. The SMILES string of the molecule is CN1CCC(CNC(=O)C2CCC(CCO)CC2)C1. The molecule has 4 nitrogen and oxygen atoms in total. The van der Waals surface area contributed by atoms with Crippen molar-refractivity contribution in [3.05, 3.63) is 0 Å². The number of nitrogens with one attached hydrogen (secondary N) is 1. The average molecular weight is 268 g/mol. The lowest BCUT2D eigenvalue weighted by atomic mass is 9.80. The van der Waals surface area contributed by atoms with Crippen LogP contribution in [0, 0.1) is 17.8 Å². The van der Waals surface area contributed by atoms with E-state index < -0.39 is 0 Å². The molecule has 0 radical (unpaired) electrons. The zero-order chi connectivity index (χ0) is 13.7. The highest BCUT2D eigenvalue weighted by atomic mass is 16.3. The molecule has 1 saturated carbocycles. The first-order chi connectivity index (χ1) is 9.19.